The second-order valence-corrected chi connectivity index (χ2v) is 10.7. The Bertz CT molecular complexity index is 1520. The molecule has 9 heteroatoms. The molecule has 0 aliphatic carbocycles. The van der Waals surface area contributed by atoms with Gasteiger partial charge < -0.3 is 0 Å². The van der Waals surface area contributed by atoms with Gasteiger partial charge in [0, 0.05) is 18.7 Å². The van der Waals surface area contributed by atoms with Crippen molar-refractivity contribution in [2.75, 3.05) is 13.1 Å². The topological polar surface area (TPSA) is 20.3 Å². The summed E-state index contributed by atoms with van der Waals surface area (Å²) in [6, 6.07) is 26.3. The van der Waals surface area contributed by atoms with E-state index >= 15 is 4.39 Å². The van der Waals surface area contributed by atoms with Gasteiger partial charge in [-0.25, -0.2) is 8.78 Å². The minimum Gasteiger partial charge on any atom is -0.289 e. The van der Waals surface area contributed by atoms with Crippen LogP contribution in [0, 0.1) is 5.82 Å². The lowest BCUT2D eigenvalue weighted by molar-refractivity contribution is -0.0689. The average Bonchev–Trinajstić information content (AvgIpc) is 2.94. The van der Waals surface area contributed by atoms with Crippen LogP contribution in [0.4, 0.5) is 22.0 Å². The molecule has 1 saturated heterocycles. The van der Waals surface area contributed by atoms with Crippen LogP contribution in [-0.2, 0) is 5.67 Å². The maximum Gasteiger partial charge on any atom is 0.417 e. The van der Waals surface area contributed by atoms with E-state index in [1.54, 1.807) is 0 Å². The summed E-state index contributed by atoms with van der Waals surface area (Å²) in [4.78, 5) is 14.8. The van der Waals surface area contributed by atoms with Crippen LogP contribution in [0.1, 0.15) is 38.7 Å². The fourth-order valence-corrected chi connectivity index (χ4v) is 5.52. The van der Waals surface area contributed by atoms with Crippen LogP contribution >= 0.6 is 23.2 Å². The first-order valence-electron chi connectivity index (χ1n) is 12.6. The van der Waals surface area contributed by atoms with Gasteiger partial charge in [0.1, 0.15) is 0 Å². The van der Waals surface area contributed by atoms with Gasteiger partial charge in [0.05, 0.1) is 21.7 Å². The molecule has 41 heavy (non-hydrogen) atoms. The Labute approximate surface area is 243 Å². The Kier molecular flexibility index (Phi) is 8.06. The highest BCUT2D eigenvalue weighted by Gasteiger charge is 2.48. The molecule has 0 amide bonds. The Morgan fingerprint density at radius 3 is 1.76 bits per heavy atom. The maximum absolute atomic E-state index is 16.0. The van der Waals surface area contributed by atoms with Crippen LogP contribution in [-0.4, -0.2) is 29.9 Å². The summed E-state index contributed by atoms with van der Waals surface area (Å²) in [5.74, 6) is -2.02. The van der Waals surface area contributed by atoms with Crippen molar-refractivity contribution in [3.8, 4) is 0 Å². The number of nitrogens with zero attached hydrogens (tertiary/aromatic N) is 1. The van der Waals surface area contributed by atoms with Crippen LogP contribution < -0.4 is 0 Å². The third-order valence-corrected chi connectivity index (χ3v) is 7.62. The van der Waals surface area contributed by atoms with Crippen LogP contribution in [0.3, 0.4) is 0 Å². The molecule has 2 nitrogen and oxygen atoms in total. The van der Waals surface area contributed by atoms with Gasteiger partial charge >= 0.3 is 6.18 Å². The number of carbonyl (C=O) groups is 1. The molecular formula is C32H22Cl2F5NO. The standard InChI is InChI=1S/C32H22Cl2F5NO/c33-26-15-23(16-27(34)29(26)35)25(32(37,38)39)17-28(41)20-11-13-24(14-12-20)31(36)18-40(19-31)30(21-7-3-1-4-8-21)22-9-5-2-6-10-22/h1-17,30H,18-19H2/b25-17+. The highest BCUT2D eigenvalue weighted by Crippen LogP contribution is 2.43. The number of likely N-dealkylation sites (tertiary alicyclic amines) is 1. The number of rotatable bonds is 7. The third kappa shape index (κ3) is 6.08. The van der Waals surface area contributed by atoms with E-state index in [1.807, 2.05) is 65.6 Å². The highest BCUT2D eigenvalue weighted by atomic mass is 35.5. The van der Waals surface area contributed by atoms with Crippen molar-refractivity contribution in [2.45, 2.75) is 17.9 Å². The van der Waals surface area contributed by atoms with Crippen LogP contribution in [0.25, 0.3) is 5.57 Å². The van der Waals surface area contributed by atoms with E-state index in [1.165, 1.54) is 24.3 Å². The van der Waals surface area contributed by atoms with Crippen molar-refractivity contribution in [2.24, 2.45) is 0 Å². The lowest BCUT2D eigenvalue weighted by Crippen LogP contribution is -2.57. The molecule has 5 rings (SSSR count). The number of halogens is 7. The monoisotopic (exact) mass is 601 g/mol. The first-order valence-corrected chi connectivity index (χ1v) is 13.3. The number of alkyl halides is 4. The van der Waals surface area contributed by atoms with E-state index in [2.05, 4.69) is 0 Å². The Balaban J connectivity index is 1.36. The number of hydrogen-bond acceptors (Lipinski definition) is 2. The van der Waals surface area contributed by atoms with E-state index < -0.39 is 44.6 Å². The summed E-state index contributed by atoms with van der Waals surface area (Å²) < 4.78 is 71.1. The van der Waals surface area contributed by atoms with E-state index in [-0.39, 0.29) is 24.7 Å². The van der Waals surface area contributed by atoms with E-state index in [0.29, 0.717) is 11.6 Å². The summed E-state index contributed by atoms with van der Waals surface area (Å²) in [6.45, 7) is 0.192. The zero-order valence-corrected chi connectivity index (χ0v) is 22.8. The smallest absolute Gasteiger partial charge is 0.289 e. The van der Waals surface area contributed by atoms with Gasteiger partial charge in [0.2, 0.25) is 0 Å². The molecular weight excluding hydrogens is 580 g/mol. The molecule has 4 aromatic carbocycles. The van der Waals surface area contributed by atoms with Crippen molar-refractivity contribution in [1.29, 1.82) is 0 Å². The number of benzene rings is 4. The zero-order chi connectivity index (χ0) is 29.4. The van der Waals surface area contributed by atoms with Gasteiger partial charge in [-0.15, -0.1) is 0 Å². The summed E-state index contributed by atoms with van der Waals surface area (Å²) in [7, 11) is 0. The molecule has 0 atom stereocenters. The molecule has 0 saturated carbocycles. The molecule has 4 aromatic rings. The molecule has 0 N–H and O–H groups in total. The van der Waals surface area contributed by atoms with Gasteiger partial charge in [0.25, 0.3) is 0 Å². The third-order valence-electron chi connectivity index (χ3n) is 7.07. The number of carbonyl (C=O) groups excluding carboxylic acids is 1. The van der Waals surface area contributed by atoms with E-state index in [4.69, 9.17) is 23.2 Å². The number of allylic oxidation sites excluding steroid dienone is 2. The van der Waals surface area contributed by atoms with Gasteiger partial charge in [-0.3, -0.25) is 9.69 Å². The SMILES string of the molecule is O=C(/C=C(\c1cc(Cl)c(F)c(Cl)c1)C(F)(F)F)c1ccc(C2(F)CN(C(c3ccccc3)c3ccccc3)C2)cc1. The van der Waals surface area contributed by atoms with E-state index in [9.17, 15) is 22.4 Å². The Morgan fingerprint density at radius 1 is 0.805 bits per heavy atom. The van der Waals surface area contributed by atoms with Crippen LogP contribution in [0.2, 0.25) is 10.0 Å². The number of ketones is 1. The van der Waals surface area contributed by atoms with Crippen LogP contribution in [0.15, 0.2) is 103 Å². The molecule has 0 radical (unpaired) electrons. The first kappa shape index (κ1) is 29.0. The normalized spacial score (nSPS) is 15.6. The fourth-order valence-electron chi connectivity index (χ4n) is 5.03. The van der Waals surface area contributed by atoms with Gasteiger partial charge in [0.15, 0.2) is 17.3 Å². The van der Waals surface area contributed by atoms with Crippen molar-refractivity contribution in [3.05, 3.63) is 147 Å². The minimum absolute atomic E-state index is 0.0685. The molecule has 1 aliphatic heterocycles. The van der Waals surface area contributed by atoms with Crippen molar-refractivity contribution >= 4 is 34.6 Å². The molecule has 0 aromatic heterocycles. The quantitative estimate of drug-likeness (QED) is 0.0910. The second-order valence-electron chi connectivity index (χ2n) is 9.85. The predicted octanol–water partition coefficient (Wildman–Crippen LogP) is 9.23. The molecule has 1 heterocycles. The Morgan fingerprint density at radius 2 is 1.29 bits per heavy atom. The fraction of sp³-hybridized carbons (Fsp3) is 0.156. The second kappa shape index (κ2) is 11.4. The lowest BCUT2D eigenvalue weighted by Gasteiger charge is -2.49. The summed E-state index contributed by atoms with van der Waals surface area (Å²) in [5, 5.41) is -1.21. The molecule has 1 fully saturated rings. The molecule has 0 bridgehead atoms. The van der Waals surface area contributed by atoms with Gasteiger partial charge in [-0.2, -0.15) is 13.2 Å². The largest absolute Gasteiger partial charge is 0.417 e. The van der Waals surface area contributed by atoms with E-state index in [0.717, 1.165) is 23.3 Å². The zero-order valence-electron chi connectivity index (χ0n) is 21.3. The first-order chi connectivity index (χ1) is 19.5. The molecule has 0 spiro atoms. The van der Waals surface area contributed by atoms with Crippen LogP contribution in [0.5, 0.6) is 0 Å². The predicted molar refractivity (Wildman–Crippen MR) is 150 cm³/mol. The summed E-state index contributed by atoms with van der Waals surface area (Å²) in [6.07, 6.45) is -4.55. The molecule has 210 valence electrons. The summed E-state index contributed by atoms with van der Waals surface area (Å²) >= 11 is 11.3. The average molecular weight is 602 g/mol. The summed E-state index contributed by atoms with van der Waals surface area (Å²) in [5.41, 5.74) is -1.28. The van der Waals surface area contributed by atoms with Crippen molar-refractivity contribution in [1.82, 2.24) is 4.90 Å². The lowest BCUT2D eigenvalue weighted by atomic mass is 9.83. The van der Waals surface area contributed by atoms with Gasteiger partial charge in [-0.1, -0.05) is 108 Å². The molecule has 1 aliphatic rings. The minimum atomic E-state index is -4.95. The maximum atomic E-state index is 16.0. The van der Waals surface area contributed by atoms with Crippen molar-refractivity contribution < 1.29 is 26.7 Å². The Hall–Kier alpha value is -3.52. The molecule has 0 unspecified atom stereocenters. The number of hydrogen-bond donors (Lipinski definition) is 0. The van der Waals surface area contributed by atoms with Crippen molar-refractivity contribution in [3.63, 3.8) is 0 Å². The van der Waals surface area contributed by atoms with Gasteiger partial charge in [-0.05, 0) is 40.5 Å². The highest BCUT2D eigenvalue weighted by molar-refractivity contribution is 6.35.